The van der Waals surface area contributed by atoms with E-state index in [0.717, 1.165) is 14.8 Å². The van der Waals surface area contributed by atoms with Crippen molar-refractivity contribution in [2.24, 2.45) is 0 Å². The molecule has 0 aliphatic carbocycles. The molecule has 0 unspecified atom stereocenters. The Kier molecular flexibility index (Phi) is 6.02. The summed E-state index contributed by atoms with van der Waals surface area (Å²) >= 11 is 19.1. The van der Waals surface area contributed by atoms with Crippen LogP contribution in [0.1, 0.15) is 15.9 Å². The van der Waals surface area contributed by atoms with Crippen molar-refractivity contribution in [3.63, 3.8) is 0 Å². The van der Waals surface area contributed by atoms with Crippen LogP contribution >= 0.6 is 58.0 Å². The van der Waals surface area contributed by atoms with E-state index in [-0.39, 0.29) is 11.0 Å². The first-order valence-electron chi connectivity index (χ1n) is 6.20. The standard InChI is InChI=1S/C15H11Cl2IN2OS/c1-8-6-10(18)3-5-13(8)19-15(22)20-14(21)9-2-4-11(16)12(17)7-9/h2-7H,1H3,(H2,19,20,21,22). The number of nitrogens with one attached hydrogen (secondary N) is 2. The molecule has 0 aliphatic rings. The Morgan fingerprint density at radius 3 is 2.50 bits per heavy atom. The number of halogens is 3. The fraction of sp³-hybridized carbons (Fsp3) is 0.0667. The molecule has 0 aliphatic heterocycles. The lowest BCUT2D eigenvalue weighted by molar-refractivity contribution is 0.0978. The molecule has 2 aromatic rings. The van der Waals surface area contributed by atoms with Crippen LogP contribution in [0.5, 0.6) is 0 Å². The second-order valence-corrected chi connectivity index (χ2v) is 6.96. The topological polar surface area (TPSA) is 41.1 Å². The molecule has 0 bridgehead atoms. The Morgan fingerprint density at radius 1 is 1.14 bits per heavy atom. The molecule has 0 saturated carbocycles. The minimum absolute atomic E-state index is 0.223. The van der Waals surface area contributed by atoms with Crippen LogP contribution in [0.2, 0.25) is 10.0 Å². The summed E-state index contributed by atoms with van der Waals surface area (Å²) in [6.07, 6.45) is 0. The molecule has 0 radical (unpaired) electrons. The number of hydrogen-bond acceptors (Lipinski definition) is 2. The molecule has 0 aromatic heterocycles. The maximum Gasteiger partial charge on any atom is 0.257 e. The van der Waals surface area contributed by atoms with Crippen molar-refractivity contribution in [1.82, 2.24) is 5.32 Å². The average molecular weight is 465 g/mol. The summed E-state index contributed by atoms with van der Waals surface area (Å²) < 4.78 is 1.13. The van der Waals surface area contributed by atoms with E-state index in [2.05, 4.69) is 33.2 Å². The van der Waals surface area contributed by atoms with E-state index < -0.39 is 0 Å². The van der Waals surface area contributed by atoms with Crippen molar-refractivity contribution in [2.45, 2.75) is 6.92 Å². The Morgan fingerprint density at radius 2 is 1.86 bits per heavy atom. The van der Waals surface area contributed by atoms with E-state index >= 15 is 0 Å². The molecule has 2 rings (SSSR count). The van der Waals surface area contributed by atoms with Gasteiger partial charge in [0.2, 0.25) is 0 Å². The highest BCUT2D eigenvalue weighted by Crippen LogP contribution is 2.22. The molecule has 2 N–H and O–H groups in total. The monoisotopic (exact) mass is 464 g/mol. The van der Waals surface area contributed by atoms with Crippen LogP contribution < -0.4 is 10.6 Å². The van der Waals surface area contributed by atoms with Gasteiger partial charge in [0.1, 0.15) is 0 Å². The predicted molar refractivity (Wildman–Crippen MR) is 104 cm³/mol. The molecule has 22 heavy (non-hydrogen) atoms. The Labute approximate surface area is 157 Å². The Hall–Kier alpha value is -0.890. The van der Waals surface area contributed by atoms with Gasteiger partial charge >= 0.3 is 0 Å². The van der Waals surface area contributed by atoms with Crippen molar-refractivity contribution >= 4 is 74.7 Å². The molecule has 114 valence electrons. The van der Waals surface area contributed by atoms with Gasteiger partial charge in [0.15, 0.2) is 5.11 Å². The van der Waals surface area contributed by atoms with E-state index in [4.69, 9.17) is 35.4 Å². The van der Waals surface area contributed by atoms with E-state index in [0.29, 0.717) is 15.6 Å². The van der Waals surface area contributed by atoms with Gasteiger partial charge in [-0.2, -0.15) is 0 Å². The summed E-state index contributed by atoms with van der Waals surface area (Å²) in [5.74, 6) is -0.348. The van der Waals surface area contributed by atoms with E-state index in [1.165, 1.54) is 6.07 Å². The summed E-state index contributed by atoms with van der Waals surface area (Å²) in [6.45, 7) is 1.97. The van der Waals surface area contributed by atoms with Crippen molar-refractivity contribution in [1.29, 1.82) is 0 Å². The molecule has 0 heterocycles. The van der Waals surface area contributed by atoms with Crippen LogP contribution in [0, 0.1) is 10.5 Å². The zero-order chi connectivity index (χ0) is 16.3. The summed E-state index contributed by atoms with van der Waals surface area (Å²) in [7, 11) is 0. The number of thiocarbonyl (C=S) groups is 1. The molecule has 7 heteroatoms. The molecule has 0 fully saturated rings. The van der Waals surface area contributed by atoms with Gasteiger partial charge in [-0.15, -0.1) is 0 Å². The summed E-state index contributed by atoms with van der Waals surface area (Å²) in [5.41, 5.74) is 2.27. The normalized spacial score (nSPS) is 10.2. The smallest absolute Gasteiger partial charge is 0.257 e. The largest absolute Gasteiger partial charge is 0.332 e. The van der Waals surface area contributed by atoms with Crippen molar-refractivity contribution in [2.75, 3.05) is 5.32 Å². The first-order chi connectivity index (χ1) is 10.4. The molecule has 0 saturated heterocycles. The van der Waals surface area contributed by atoms with Crippen molar-refractivity contribution in [3.05, 3.63) is 61.1 Å². The SMILES string of the molecule is Cc1cc(I)ccc1NC(=S)NC(=O)c1ccc(Cl)c(Cl)c1. The van der Waals surface area contributed by atoms with Gasteiger partial charge in [0, 0.05) is 14.8 Å². The summed E-state index contributed by atoms with van der Waals surface area (Å²) in [4.78, 5) is 12.1. The number of anilines is 1. The molecule has 0 atom stereocenters. The number of amides is 1. The van der Waals surface area contributed by atoms with Gasteiger partial charge < -0.3 is 5.32 Å². The van der Waals surface area contributed by atoms with Crippen LogP contribution in [0.15, 0.2) is 36.4 Å². The number of aryl methyl sites for hydroxylation is 1. The molecule has 2 aromatic carbocycles. The highest BCUT2D eigenvalue weighted by molar-refractivity contribution is 14.1. The van der Waals surface area contributed by atoms with E-state index in [1.54, 1.807) is 12.1 Å². The lowest BCUT2D eigenvalue weighted by Crippen LogP contribution is -2.34. The minimum atomic E-state index is -0.348. The van der Waals surface area contributed by atoms with Gasteiger partial charge in [-0.1, -0.05) is 23.2 Å². The van der Waals surface area contributed by atoms with Crippen LogP contribution in [0.3, 0.4) is 0 Å². The fourth-order valence-electron chi connectivity index (χ4n) is 1.73. The second-order valence-electron chi connectivity index (χ2n) is 4.50. The molecular formula is C15H11Cl2IN2OS. The van der Waals surface area contributed by atoms with E-state index in [1.807, 2.05) is 25.1 Å². The van der Waals surface area contributed by atoms with Crippen molar-refractivity contribution < 1.29 is 4.79 Å². The first-order valence-corrected chi connectivity index (χ1v) is 8.44. The van der Waals surface area contributed by atoms with Crippen LogP contribution in [-0.2, 0) is 0 Å². The van der Waals surface area contributed by atoms with Gasteiger partial charge in [-0.25, -0.2) is 0 Å². The maximum absolute atomic E-state index is 12.1. The van der Waals surface area contributed by atoms with Gasteiger partial charge in [-0.05, 0) is 83.7 Å². The third-order valence-corrected chi connectivity index (χ3v) is 4.46. The second kappa shape index (κ2) is 7.59. The number of benzene rings is 2. The highest BCUT2D eigenvalue weighted by Gasteiger charge is 2.10. The number of carbonyl (C=O) groups is 1. The quantitative estimate of drug-likeness (QED) is 0.483. The van der Waals surface area contributed by atoms with Crippen LogP contribution in [-0.4, -0.2) is 11.0 Å². The average Bonchev–Trinajstić information content (AvgIpc) is 2.45. The van der Waals surface area contributed by atoms with Crippen molar-refractivity contribution in [3.8, 4) is 0 Å². The Balaban J connectivity index is 2.05. The minimum Gasteiger partial charge on any atom is -0.332 e. The van der Waals surface area contributed by atoms with Crippen LogP contribution in [0.25, 0.3) is 0 Å². The lowest BCUT2D eigenvalue weighted by atomic mass is 10.2. The molecular weight excluding hydrogens is 454 g/mol. The van der Waals surface area contributed by atoms with Gasteiger partial charge in [0.05, 0.1) is 10.0 Å². The Bertz CT molecular complexity index is 752. The zero-order valence-corrected chi connectivity index (χ0v) is 15.9. The fourth-order valence-corrected chi connectivity index (χ4v) is 2.88. The predicted octanol–water partition coefficient (Wildman–Crippen LogP) is 5.03. The van der Waals surface area contributed by atoms with Gasteiger partial charge in [-0.3, -0.25) is 10.1 Å². The lowest BCUT2D eigenvalue weighted by Gasteiger charge is -2.12. The van der Waals surface area contributed by atoms with E-state index in [9.17, 15) is 4.79 Å². The van der Waals surface area contributed by atoms with Crippen LogP contribution in [0.4, 0.5) is 5.69 Å². The molecule has 1 amide bonds. The summed E-state index contributed by atoms with van der Waals surface area (Å²) in [5, 5.41) is 6.55. The molecule has 3 nitrogen and oxygen atoms in total. The zero-order valence-electron chi connectivity index (χ0n) is 11.4. The highest BCUT2D eigenvalue weighted by atomic mass is 127. The third-order valence-electron chi connectivity index (χ3n) is 2.85. The third kappa shape index (κ3) is 4.55. The maximum atomic E-state index is 12.1. The molecule has 0 spiro atoms. The number of hydrogen-bond donors (Lipinski definition) is 2. The summed E-state index contributed by atoms with van der Waals surface area (Å²) in [6, 6.07) is 10.5. The number of rotatable bonds is 2. The first kappa shape index (κ1) is 17.5. The number of carbonyl (C=O) groups excluding carboxylic acids is 1. The van der Waals surface area contributed by atoms with Gasteiger partial charge in [0.25, 0.3) is 5.91 Å².